The summed E-state index contributed by atoms with van der Waals surface area (Å²) in [4.78, 5) is 13.2. The number of ether oxygens (including phenoxy) is 1. The van der Waals surface area contributed by atoms with E-state index < -0.39 is 5.25 Å². The Hall–Kier alpha value is -3.07. The lowest BCUT2D eigenvalue weighted by atomic mass is 10.0. The van der Waals surface area contributed by atoms with Crippen LogP contribution in [0.25, 0.3) is 0 Å². The van der Waals surface area contributed by atoms with Crippen LogP contribution in [0.5, 0.6) is 5.75 Å². The number of hydrogen-bond donors (Lipinski definition) is 2. The van der Waals surface area contributed by atoms with Gasteiger partial charge in [0, 0.05) is 18.2 Å². The third-order valence-corrected chi connectivity index (χ3v) is 6.02. The van der Waals surface area contributed by atoms with Gasteiger partial charge in [0.25, 0.3) is 0 Å². The number of anilines is 1. The number of halogens is 1. The first kappa shape index (κ1) is 20.2. The summed E-state index contributed by atoms with van der Waals surface area (Å²) in [6.45, 7) is 2.07. The minimum Gasteiger partial charge on any atom is -0.497 e. The lowest BCUT2D eigenvalue weighted by molar-refractivity contribution is -0.116. The molecule has 4 rings (SSSR count). The first-order valence-electron chi connectivity index (χ1n) is 9.67. The molecule has 2 heterocycles. The third kappa shape index (κ3) is 4.11. The van der Waals surface area contributed by atoms with Gasteiger partial charge in [-0.1, -0.05) is 36.9 Å². The van der Waals surface area contributed by atoms with Crippen LogP contribution in [-0.4, -0.2) is 33.1 Å². The summed E-state index contributed by atoms with van der Waals surface area (Å²) in [5.74, 6) is 0.942. The van der Waals surface area contributed by atoms with E-state index in [2.05, 4.69) is 27.9 Å². The number of carbonyl (C=O) groups excluding carboxylic acids is 1. The van der Waals surface area contributed by atoms with Crippen molar-refractivity contribution in [3.8, 4) is 5.75 Å². The van der Waals surface area contributed by atoms with Gasteiger partial charge in [-0.3, -0.25) is 4.79 Å². The molecule has 2 aromatic carbocycles. The first-order valence-corrected chi connectivity index (χ1v) is 10.5. The van der Waals surface area contributed by atoms with Crippen LogP contribution >= 0.6 is 11.8 Å². The van der Waals surface area contributed by atoms with Crippen LogP contribution in [0.4, 0.5) is 10.1 Å². The Morgan fingerprint density at radius 3 is 2.80 bits per heavy atom. The molecular weight excluding hydrogens is 405 g/mol. The van der Waals surface area contributed by atoms with E-state index in [-0.39, 0.29) is 17.8 Å². The van der Waals surface area contributed by atoms with Crippen molar-refractivity contribution in [1.82, 2.24) is 14.9 Å². The van der Waals surface area contributed by atoms with Crippen molar-refractivity contribution in [1.29, 1.82) is 0 Å². The molecule has 156 valence electrons. The van der Waals surface area contributed by atoms with Crippen molar-refractivity contribution in [3.05, 3.63) is 65.7 Å². The lowest BCUT2D eigenvalue weighted by Gasteiger charge is -2.33. The number of nitrogens with one attached hydrogen (secondary N) is 2. The summed E-state index contributed by atoms with van der Waals surface area (Å²) < 4.78 is 20.5. The Balaban J connectivity index is 1.65. The number of aromatic nitrogens is 3. The summed E-state index contributed by atoms with van der Waals surface area (Å²) in [5, 5.41) is 11.5. The van der Waals surface area contributed by atoms with Crippen LogP contribution in [0.3, 0.4) is 0 Å². The van der Waals surface area contributed by atoms with Gasteiger partial charge in [0.1, 0.15) is 16.8 Å². The molecule has 0 saturated heterocycles. The first-order chi connectivity index (χ1) is 14.6. The molecule has 1 aromatic heterocycles. The molecule has 7 nitrogen and oxygen atoms in total. The summed E-state index contributed by atoms with van der Waals surface area (Å²) in [7, 11) is 1.58. The average Bonchev–Trinajstić information content (AvgIpc) is 3.15. The van der Waals surface area contributed by atoms with Crippen molar-refractivity contribution in [2.24, 2.45) is 0 Å². The topological polar surface area (TPSA) is 81.1 Å². The molecule has 0 bridgehead atoms. The average molecular weight is 428 g/mol. The van der Waals surface area contributed by atoms with Crippen molar-refractivity contribution >= 4 is 23.4 Å². The summed E-state index contributed by atoms with van der Waals surface area (Å²) in [5.41, 5.74) is 4.81. The molecule has 0 saturated carbocycles. The number of amides is 1. The molecule has 30 heavy (non-hydrogen) atoms. The van der Waals surface area contributed by atoms with Crippen LogP contribution in [0, 0.1) is 5.82 Å². The fraction of sp³-hybridized carbons (Fsp3) is 0.286. The standard InChI is InChI=1S/C21H22FN5O2S/c1-3-5-17-24-25-21-27(17)26-18(13-8-10-14(22)11-9-13)19(30-21)20(28)23-15-6-4-7-16(12-15)29-2/h4,6-12,18-19,26H,3,5H2,1-2H3,(H,23,28)/t18-,19+/m1/s1. The molecule has 1 aliphatic heterocycles. The highest BCUT2D eigenvalue weighted by atomic mass is 32.2. The van der Waals surface area contributed by atoms with E-state index in [4.69, 9.17) is 4.74 Å². The number of rotatable bonds is 6. The highest BCUT2D eigenvalue weighted by Gasteiger charge is 2.37. The van der Waals surface area contributed by atoms with E-state index in [9.17, 15) is 9.18 Å². The molecule has 2 N–H and O–H groups in total. The number of thioether (sulfide) groups is 1. The fourth-order valence-corrected chi connectivity index (χ4v) is 4.42. The number of hydrogen-bond acceptors (Lipinski definition) is 6. The second-order valence-electron chi connectivity index (χ2n) is 6.90. The maximum Gasteiger partial charge on any atom is 0.240 e. The molecule has 3 aromatic rings. The zero-order chi connectivity index (χ0) is 21.1. The number of carbonyl (C=O) groups is 1. The third-order valence-electron chi connectivity index (χ3n) is 4.80. The maximum absolute atomic E-state index is 13.5. The molecule has 2 atom stereocenters. The van der Waals surface area contributed by atoms with Crippen molar-refractivity contribution in [2.45, 2.75) is 36.2 Å². The van der Waals surface area contributed by atoms with Crippen molar-refractivity contribution in [3.63, 3.8) is 0 Å². The van der Waals surface area contributed by atoms with E-state index in [1.165, 1.54) is 23.9 Å². The monoisotopic (exact) mass is 427 g/mol. The molecule has 0 unspecified atom stereocenters. The molecular formula is C21H22FN5O2S. The van der Waals surface area contributed by atoms with Crippen molar-refractivity contribution in [2.75, 3.05) is 17.9 Å². The van der Waals surface area contributed by atoms with Crippen LogP contribution in [0.15, 0.2) is 53.7 Å². The van der Waals surface area contributed by atoms with E-state index in [0.717, 1.165) is 24.2 Å². The van der Waals surface area contributed by atoms with Gasteiger partial charge in [-0.2, -0.15) is 0 Å². The van der Waals surface area contributed by atoms with Crippen LogP contribution in [0.2, 0.25) is 0 Å². The minimum atomic E-state index is -0.534. The Labute approximate surface area is 178 Å². The molecule has 1 aliphatic rings. The molecule has 1 amide bonds. The lowest BCUT2D eigenvalue weighted by Crippen LogP contribution is -2.41. The van der Waals surface area contributed by atoms with Crippen LogP contribution < -0.4 is 15.5 Å². The van der Waals surface area contributed by atoms with Gasteiger partial charge in [-0.15, -0.1) is 10.2 Å². The zero-order valence-corrected chi connectivity index (χ0v) is 17.4. The van der Waals surface area contributed by atoms with E-state index in [1.54, 1.807) is 31.4 Å². The molecule has 0 spiro atoms. The fourth-order valence-electron chi connectivity index (χ4n) is 3.32. The number of nitrogens with zero attached hydrogens (tertiary/aromatic N) is 3. The largest absolute Gasteiger partial charge is 0.497 e. The van der Waals surface area contributed by atoms with Gasteiger partial charge in [0.15, 0.2) is 5.82 Å². The summed E-state index contributed by atoms with van der Waals surface area (Å²) in [6, 6.07) is 13.0. The molecule has 0 aliphatic carbocycles. The zero-order valence-electron chi connectivity index (χ0n) is 16.6. The second kappa shape index (κ2) is 8.74. The normalized spacial score (nSPS) is 17.7. The van der Waals surface area contributed by atoms with Crippen LogP contribution in [-0.2, 0) is 11.2 Å². The maximum atomic E-state index is 13.5. The summed E-state index contributed by atoms with van der Waals surface area (Å²) in [6.07, 6.45) is 1.68. The van der Waals surface area contributed by atoms with E-state index in [0.29, 0.717) is 16.6 Å². The van der Waals surface area contributed by atoms with Gasteiger partial charge in [-0.25, -0.2) is 9.07 Å². The Morgan fingerprint density at radius 2 is 2.07 bits per heavy atom. The quantitative estimate of drug-likeness (QED) is 0.623. The Kier molecular flexibility index (Phi) is 5.89. The van der Waals surface area contributed by atoms with Gasteiger partial charge < -0.3 is 15.5 Å². The Bertz CT molecular complexity index is 1040. The SMILES string of the molecule is CCCc1nnc2n1N[C@H](c1ccc(F)cc1)[C@@H](C(=O)Nc1cccc(OC)c1)S2. The number of benzene rings is 2. The van der Waals surface area contributed by atoms with Crippen LogP contribution in [0.1, 0.15) is 30.8 Å². The van der Waals surface area contributed by atoms with Crippen molar-refractivity contribution < 1.29 is 13.9 Å². The van der Waals surface area contributed by atoms with Gasteiger partial charge in [0.2, 0.25) is 11.1 Å². The number of methoxy groups -OCH3 is 1. The molecule has 0 radical (unpaired) electrons. The van der Waals surface area contributed by atoms with E-state index >= 15 is 0 Å². The molecule has 9 heteroatoms. The number of aryl methyl sites for hydroxylation is 1. The van der Waals surface area contributed by atoms with E-state index in [1.807, 2.05) is 16.8 Å². The predicted octanol–water partition coefficient (Wildman–Crippen LogP) is 3.78. The predicted molar refractivity (Wildman–Crippen MR) is 114 cm³/mol. The van der Waals surface area contributed by atoms with Gasteiger partial charge >= 0.3 is 0 Å². The molecule has 0 fully saturated rings. The highest BCUT2D eigenvalue weighted by Crippen LogP contribution is 2.37. The highest BCUT2D eigenvalue weighted by molar-refractivity contribution is 8.00. The Morgan fingerprint density at radius 1 is 1.27 bits per heavy atom. The second-order valence-corrected chi connectivity index (χ2v) is 8.01. The van der Waals surface area contributed by atoms with Gasteiger partial charge in [-0.05, 0) is 36.2 Å². The summed E-state index contributed by atoms with van der Waals surface area (Å²) >= 11 is 1.34. The number of fused-ring (bicyclic) bond motifs is 1. The van der Waals surface area contributed by atoms with Gasteiger partial charge in [0.05, 0.1) is 13.2 Å². The smallest absolute Gasteiger partial charge is 0.240 e. The minimum absolute atomic E-state index is 0.193.